The Hall–Kier alpha value is -1.63. The fourth-order valence-corrected chi connectivity index (χ4v) is 1.96. The van der Waals surface area contributed by atoms with Gasteiger partial charge in [0.1, 0.15) is 0 Å². The molecule has 0 aliphatic heterocycles. The molecule has 2 rings (SSSR count). The van der Waals surface area contributed by atoms with Gasteiger partial charge in [0, 0.05) is 18.0 Å². The number of hydrogen-bond donors (Lipinski definition) is 0. The van der Waals surface area contributed by atoms with Gasteiger partial charge in [-0.2, -0.15) is 0 Å². The highest BCUT2D eigenvalue weighted by Crippen LogP contribution is 2.26. The zero-order valence-corrected chi connectivity index (χ0v) is 9.41. The van der Waals surface area contributed by atoms with Crippen LogP contribution in [-0.2, 0) is 0 Å². The van der Waals surface area contributed by atoms with E-state index in [1.807, 2.05) is 12.4 Å². The molecule has 0 atom stereocenters. The number of nitrogens with zero attached hydrogens (tertiary/aromatic N) is 1. The van der Waals surface area contributed by atoms with Crippen LogP contribution in [0.15, 0.2) is 36.7 Å². The van der Waals surface area contributed by atoms with E-state index in [0.717, 1.165) is 0 Å². The molecule has 1 nitrogen and oxygen atoms in total. The summed E-state index contributed by atoms with van der Waals surface area (Å²) in [5.41, 5.74) is 6.35. The smallest absolute Gasteiger partial charge is 0.0346 e. The average Bonchev–Trinajstić information content (AvgIpc) is 2.17. The summed E-state index contributed by atoms with van der Waals surface area (Å²) in [6.45, 7) is 6.36. The molecule has 0 fully saturated rings. The van der Waals surface area contributed by atoms with Crippen LogP contribution in [0.2, 0.25) is 0 Å². The first-order valence-electron chi connectivity index (χ1n) is 5.17. The standard InChI is InChI=1S/C14H15N/c1-10-7-13(9-15-8-10)14-11(2)5-4-6-12(14)3/h4-9H,1-3H3. The largest absolute Gasteiger partial charge is 0.264 e. The van der Waals surface area contributed by atoms with Crippen LogP contribution in [0, 0.1) is 20.8 Å². The summed E-state index contributed by atoms with van der Waals surface area (Å²) >= 11 is 0. The van der Waals surface area contributed by atoms with Crippen molar-refractivity contribution in [1.82, 2.24) is 4.98 Å². The molecule has 0 N–H and O–H groups in total. The van der Waals surface area contributed by atoms with Gasteiger partial charge in [-0.25, -0.2) is 0 Å². The van der Waals surface area contributed by atoms with Crippen LogP contribution in [-0.4, -0.2) is 4.98 Å². The van der Waals surface area contributed by atoms with Gasteiger partial charge in [-0.15, -0.1) is 0 Å². The van der Waals surface area contributed by atoms with Gasteiger partial charge in [0.05, 0.1) is 0 Å². The Bertz CT molecular complexity index is 466. The number of pyridine rings is 1. The lowest BCUT2D eigenvalue weighted by Gasteiger charge is -2.09. The number of aryl methyl sites for hydroxylation is 3. The number of aromatic nitrogens is 1. The van der Waals surface area contributed by atoms with Crippen molar-refractivity contribution in [3.63, 3.8) is 0 Å². The lowest BCUT2D eigenvalue weighted by molar-refractivity contribution is 1.26. The van der Waals surface area contributed by atoms with Crippen LogP contribution in [0.1, 0.15) is 16.7 Å². The van der Waals surface area contributed by atoms with Crippen LogP contribution < -0.4 is 0 Å². The molecule has 1 heterocycles. The summed E-state index contributed by atoms with van der Waals surface area (Å²) in [5.74, 6) is 0. The maximum Gasteiger partial charge on any atom is 0.0346 e. The molecule has 76 valence electrons. The average molecular weight is 197 g/mol. The summed E-state index contributed by atoms with van der Waals surface area (Å²) in [4.78, 5) is 4.24. The van der Waals surface area contributed by atoms with E-state index in [4.69, 9.17) is 0 Å². The molecule has 1 aromatic heterocycles. The van der Waals surface area contributed by atoms with Gasteiger partial charge in [0.2, 0.25) is 0 Å². The third kappa shape index (κ3) is 1.91. The van der Waals surface area contributed by atoms with Gasteiger partial charge in [0.15, 0.2) is 0 Å². The van der Waals surface area contributed by atoms with Gasteiger partial charge in [0.25, 0.3) is 0 Å². The second kappa shape index (κ2) is 3.85. The SMILES string of the molecule is Cc1cncc(-c2c(C)cccc2C)c1. The van der Waals surface area contributed by atoms with E-state index in [-0.39, 0.29) is 0 Å². The molecular weight excluding hydrogens is 182 g/mol. The minimum absolute atomic E-state index is 1.20. The highest BCUT2D eigenvalue weighted by molar-refractivity contribution is 5.70. The Morgan fingerprint density at radius 3 is 2.20 bits per heavy atom. The van der Waals surface area contributed by atoms with E-state index in [9.17, 15) is 0 Å². The first kappa shape index (κ1) is 9.91. The Morgan fingerprint density at radius 2 is 1.60 bits per heavy atom. The van der Waals surface area contributed by atoms with Gasteiger partial charge < -0.3 is 0 Å². The first-order valence-corrected chi connectivity index (χ1v) is 5.17. The van der Waals surface area contributed by atoms with Crippen LogP contribution in [0.25, 0.3) is 11.1 Å². The molecule has 0 saturated heterocycles. The van der Waals surface area contributed by atoms with Gasteiger partial charge in [-0.1, -0.05) is 18.2 Å². The van der Waals surface area contributed by atoms with Gasteiger partial charge >= 0.3 is 0 Å². The lowest BCUT2D eigenvalue weighted by atomic mass is 9.96. The van der Waals surface area contributed by atoms with Crippen molar-refractivity contribution in [2.24, 2.45) is 0 Å². The molecular formula is C14H15N. The number of hydrogen-bond acceptors (Lipinski definition) is 1. The van der Waals surface area contributed by atoms with Crippen LogP contribution >= 0.6 is 0 Å². The van der Waals surface area contributed by atoms with E-state index >= 15 is 0 Å². The van der Waals surface area contributed by atoms with E-state index in [1.54, 1.807) is 0 Å². The fourth-order valence-electron chi connectivity index (χ4n) is 1.96. The maximum absolute atomic E-state index is 4.24. The zero-order chi connectivity index (χ0) is 10.8. The fraction of sp³-hybridized carbons (Fsp3) is 0.214. The summed E-state index contributed by atoms with van der Waals surface area (Å²) in [5, 5.41) is 0. The number of rotatable bonds is 1. The van der Waals surface area contributed by atoms with Crippen molar-refractivity contribution in [1.29, 1.82) is 0 Å². The predicted octanol–water partition coefficient (Wildman–Crippen LogP) is 3.67. The Kier molecular flexibility index (Phi) is 2.55. The van der Waals surface area contributed by atoms with E-state index in [0.29, 0.717) is 0 Å². The molecule has 0 amide bonds. The monoisotopic (exact) mass is 197 g/mol. The Balaban J connectivity index is 2.63. The molecule has 15 heavy (non-hydrogen) atoms. The highest BCUT2D eigenvalue weighted by Gasteiger charge is 2.04. The Labute approximate surface area is 90.8 Å². The third-order valence-corrected chi connectivity index (χ3v) is 2.64. The topological polar surface area (TPSA) is 12.9 Å². The summed E-state index contributed by atoms with van der Waals surface area (Å²) in [6.07, 6.45) is 3.82. The van der Waals surface area contributed by atoms with Crippen LogP contribution in [0.5, 0.6) is 0 Å². The molecule has 0 bridgehead atoms. The van der Waals surface area contributed by atoms with E-state index in [1.165, 1.54) is 27.8 Å². The summed E-state index contributed by atoms with van der Waals surface area (Å²) in [6, 6.07) is 8.56. The van der Waals surface area contributed by atoms with Crippen molar-refractivity contribution in [3.8, 4) is 11.1 Å². The second-order valence-electron chi connectivity index (χ2n) is 4.02. The molecule has 0 aliphatic rings. The van der Waals surface area contributed by atoms with Crippen molar-refractivity contribution in [3.05, 3.63) is 53.3 Å². The van der Waals surface area contributed by atoms with Crippen molar-refractivity contribution in [2.75, 3.05) is 0 Å². The molecule has 0 spiro atoms. The van der Waals surface area contributed by atoms with Crippen molar-refractivity contribution >= 4 is 0 Å². The molecule has 2 aromatic rings. The summed E-state index contributed by atoms with van der Waals surface area (Å²) < 4.78 is 0. The predicted molar refractivity (Wildman–Crippen MR) is 63.9 cm³/mol. The van der Waals surface area contributed by atoms with Gasteiger partial charge in [-0.05, 0) is 49.1 Å². The molecule has 1 aromatic carbocycles. The third-order valence-electron chi connectivity index (χ3n) is 2.64. The molecule has 0 radical (unpaired) electrons. The minimum Gasteiger partial charge on any atom is -0.264 e. The van der Waals surface area contributed by atoms with Crippen LogP contribution in [0.3, 0.4) is 0 Å². The molecule has 0 unspecified atom stereocenters. The first-order chi connectivity index (χ1) is 7.18. The summed E-state index contributed by atoms with van der Waals surface area (Å²) in [7, 11) is 0. The molecule has 1 heteroatoms. The normalized spacial score (nSPS) is 10.3. The molecule has 0 saturated carbocycles. The highest BCUT2D eigenvalue weighted by atomic mass is 14.6. The quantitative estimate of drug-likeness (QED) is 0.679. The van der Waals surface area contributed by atoms with Crippen molar-refractivity contribution < 1.29 is 0 Å². The van der Waals surface area contributed by atoms with Gasteiger partial charge in [-0.3, -0.25) is 4.98 Å². The minimum atomic E-state index is 1.20. The van der Waals surface area contributed by atoms with Crippen molar-refractivity contribution in [2.45, 2.75) is 20.8 Å². The Morgan fingerprint density at radius 1 is 0.933 bits per heavy atom. The maximum atomic E-state index is 4.24. The number of benzene rings is 1. The lowest BCUT2D eigenvalue weighted by Crippen LogP contribution is -1.89. The van der Waals surface area contributed by atoms with E-state index < -0.39 is 0 Å². The second-order valence-corrected chi connectivity index (χ2v) is 4.02. The zero-order valence-electron chi connectivity index (χ0n) is 9.41. The molecule has 0 aliphatic carbocycles. The van der Waals surface area contributed by atoms with Crippen LogP contribution in [0.4, 0.5) is 0 Å². The van der Waals surface area contributed by atoms with E-state index in [2.05, 4.69) is 50.0 Å².